The minimum atomic E-state index is -0.632. The van der Waals surface area contributed by atoms with Crippen LogP contribution in [0, 0.1) is 0 Å². The Morgan fingerprint density at radius 1 is 1.05 bits per heavy atom. The van der Waals surface area contributed by atoms with Crippen molar-refractivity contribution in [1.82, 2.24) is 0 Å². The highest BCUT2D eigenvalue weighted by molar-refractivity contribution is 9.10. The molecule has 1 amide bonds. The molecule has 0 aliphatic carbocycles. The summed E-state index contributed by atoms with van der Waals surface area (Å²) in [5.41, 5.74) is 0.647. The number of carbonyl (C=O) groups is 1. The fraction of sp³-hybridized carbons (Fsp3) is 0.188. The molecule has 0 saturated carbocycles. The van der Waals surface area contributed by atoms with Crippen LogP contribution in [0.25, 0.3) is 0 Å². The van der Waals surface area contributed by atoms with Gasteiger partial charge in [-0.15, -0.1) is 0 Å². The molecule has 20 heavy (non-hydrogen) atoms. The third-order valence-electron chi connectivity index (χ3n) is 2.65. The van der Waals surface area contributed by atoms with Gasteiger partial charge in [-0.05, 0) is 38.1 Å². The third kappa shape index (κ3) is 3.84. The lowest BCUT2D eigenvalue weighted by molar-refractivity contribution is -0.117. The molecule has 0 unspecified atom stereocenters. The number of para-hydroxylation sites is 3. The van der Waals surface area contributed by atoms with Gasteiger partial charge in [0.25, 0.3) is 0 Å². The van der Waals surface area contributed by atoms with Crippen LogP contribution in [0.2, 0.25) is 0 Å². The zero-order chi connectivity index (χ0) is 14.6. The maximum Gasteiger partial charge on any atom is 0.240 e. The van der Waals surface area contributed by atoms with E-state index in [4.69, 9.17) is 4.74 Å². The van der Waals surface area contributed by atoms with Crippen molar-refractivity contribution in [3.05, 3.63) is 54.6 Å². The predicted molar refractivity (Wildman–Crippen MR) is 84.6 cm³/mol. The molecule has 3 nitrogen and oxygen atoms in total. The summed E-state index contributed by atoms with van der Waals surface area (Å²) in [6.07, 6.45) is 0. The summed E-state index contributed by atoms with van der Waals surface area (Å²) in [6.45, 7) is 3.59. The standard InChI is InChI=1S/C16H16BrNO2/c1-16(2,17)15(19)18-13-10-6-7-11-14(13)20-12-8-4-3-5-9-12/h3-11H,1-2H3,(H,18,19). The van der Waals surface area contributed by atoms with Crippen LogP contribution in [0.3, 0.4) is 0 Å². The Hall–Kier alpha value is -1.81. The Labute approximate surface area is 127 Å². The Bertz CT molecular complexity index is 591. The molecule has 2 rings (SSSR count). The Morgan fingerprint density at radius 3 is 2.30 bits per heavy atom. The minimum absolute atomic E-state index is 0.124. The molecule has 0 fully saturated rings. The number of nitrogens with one attached hydrogen (secondary N) is 1. The van der Waals surface area contributed by atoms with Gasteiger partial charge in [0.05, 0.1) is 10.0 Å². The Morgan fingerprint density at radius 2 is 1.65 bits per heavy atom. The van der Waals surface area contributed by atoms with Gasteiger partial charge in [-0.1, -0.05) is 46.3 Å². The van der Waals surface area contributed by atoms with Crippen LogP contribution >= 0.6 is 15.9 Å². The molecule has 0 radical (unpaired) electrons. The summed E-state index contributed by atoms with van der Waals surface area (Å²) in [6, 6.07) is 16.8. The quantitative estimate of drug-likeness (QED) is 0.831. The molecule has 0 bridgehead atoms. The van der Waals surface area contributed by atoms with Gasteiger partial charge in [0.15, 0.2) is 5.75 Å². The number of hydrogen-bond donors (Lipinski definition) is 1. The predicted octanol–water partition coefficient (Wildman–Crippen LogP) is 4.59. The third-order valence-corrected chi connectivity index (χ3v) is 3.01. The van der Waals surface area contributed by atoms with E-state index in [1.54, 1.807) is 13.8 Å². The van der Waals surface area contributed by atoms with Crippen LogP contribution in [0.5, 0.6) is 11.5 Å². The molecule has 0 saturated heterocycles. The largest absolute Gasteiger partial charge is 0.455 e. The smallest absolute Gasteiger partial charge is 0.240 e. The van der Waals surface area contributed by atoms with Crippen molar-refractivity contribution in [3.63, 3.8) is 0 Å². The second-order valence-corrected chi connectivity index (χ2v) is 6.82. The van der Waals surface area contributed by atoms with Crippen LogP contribution in [-0.4, -0.2) is 10.2 Å². The van der Waals surface area contributed by atoms with E-state index < -0.39 is 4.32 Å². The Kier molecular flexibility index (Phi) is 4.45. The van der Waals surface area contributed by atoms with Crippen molar-refractivity contribution in [2.45, 2.75) is 18.2 Å². The summed E-state index contributed by atoms with van der Waals surface area (Å²) in [4.78, 5) is 12.0. The van der Waals surface area contributed by atoms with Crippen molar-refractivity contribution in [1.29, 1.82) is 0 Å². The molecule has 2 aromatic rings. The fourth-order valence-electron chi connectivity index (χ4n) is 1.55. The highest BCUT2D eigenvalue weighted by Crippen LogP contribution is 2.30. The molecule has 1 N–H and O–H groups in total. The summed E-state index contributed by atoms with van der Waals surface area (Å²) in [5, 5.41) is 2.86. The number of carbonyl (C=O) groups excluding carboxylic acids is 1. The van der Waals surface area contributed by atoms with Crippen molar-refractivity contribution >= 4 is 27.5 Å². The van der Waals surface area contributed by atoms with Gasteiger partial charge < -0.3 is 10.1 Å². The first-order valence-electron chi connectivity index (χ1n) is 6.29. The number of hydrogen-bond acceptors (Lipinski definition) is 2. The van der Waals surface area contributed by atoms with Crippen LogP contribution in [0.4, 0.5) is 5.69 Å². The van der Waals surface area contributed by atoms with E-state index in [1.165, 1.54) is 0 Å². The molecule has 0 aromatic heterocycles. The fourth-order valence-corrected chi connectivity index (χ4v) is 1.64. The average molecular weight is 334 g/mol. The van der Waals surface area contributed by atoms with Gasteiger partial charge in [0.1, 0.15) is 5.75 Å². The summed E-state index contributed by atoms with van der Waals surface area (Å²) in [5.74, 6) is 1.22. The van der Waals surface area contributed by atoms with Crippen LogP contribution in [0.15, 0.2) is 54.6 Å². The number of rotatable bonds is 4. The molecular weight excluding hydrogens is 318 g/mol. The van der Waals surface area contributed by atoms with Crippen molar-refractivity contribution in [2.24, 2.45) is 0 Å². The highest BCUT2D eigenvalue weighted by Gasteiger charge is 2.24. The van der Waals surface area contributed by atoms with E-state index in [0.717, 1.165) is 5.75 Å². The van der Waals surface area contributed by atoms with Crippen LogP contribution in [0.1, 0.15) is 13.8 Å². The molecule has 2 aromatic carbocycles. The van der Waals surface area contributed by atoms with E-state index >= 15 is 0 Å². The number of alkyl halides is 1. The molecular formula is C16H16BrNO2. The lowest BCUT2D eigenvalue weighted by Crippen LogP contribution is -2.31. The number of amides is 1. The van der Waals surface area contributed by atoms with Gasteiger partial charge in [0, 0.05) is 0 Å². The zero-order valence-electron chi connectivity index (χ0n) is 11.4. The van der Waals surface area contributed by atoms with Gasteiger partial charge >= 0.3 is 0 Å². The molecule has 4 heteroatoms. The van der Waals surface area contributed by atoms with Crippen molar-refractivity contribution in [2.75, 3.05) is 5.32 Å². The first-order chi connectivity index (χ1) is 9.47. The zero-order valence-corrected chi connectivity index (χ0v) is 13.0. The summed E-state index contributed by atoms with van der Waals surface area (Å²) in [7, 11) is 0. The van der Waals surface area contributed by atoms with Gasteiger partial charge in [-0.3, -0.25) is 4.79 Å². The normalized spacial score (nSPS) is 10.9. The molecule has 0 spiro atoms. The second-order valence-electron chi connectivity index (χ2n) is 4.84. The van der Waals surface area contributed by atoms with E-state index in [9.17, 15) is 4.79 Å². The van der Waals surface area contributed by atoms with Gasteiger partial charge in [-0.2, -0.15) is 0 Å². The SMILES string of the molecule is CC(C)(Br)C(=O)Nc1ccccc1Oc1ccccc1. The van der Waals surface area contributed by atoms with Crippen LogP contribution in [-0.2, 0) is 4.79 Å². The van der Waals surface area contributed by atoms with Crippen molar-refractivity contribution in [3.8, 4) is 11.5 Å². The lowest BCUT2D eigenvalue weighted by Gasteiger charge is -2.18. The lowest BCUT2D eigenvalue weighted by atomic mass is 10.2. The van der Waals surface area contributed by atoms with Crippen LogP contribution < -0.4 is 10.1 Å². The number of benzene rings is 2. The molecule has 104 valence electrons. The van der Waals surface area contributed by atoms with E-state index in [2.05, 4.69) is 21.2 Å². The number of anilines is 1. The molecule has 0 heterocycles. The first kappa shape index (κ1) is 14.6. The average Bonchev–Trinajstić information content (AvgIpc) is 2.41. The Balaban J connectivity index is 2.21. The maximum atomic E-state index is 12.0. The monoisotopic (exact) mass is 333 g/mol. The van der Waals surface area contributed by atoms with Gasteiger partial charge in [-0.25, -0.2) is 0 Å². The molecule has 0 aliphatic heterocycles. The molecule has 0 aliphatic rings. The van der Waals surface area contributed by atoms with E-state index in [1.807, 2.05) is 54.6 Å². The summed E-state index contributed by atoms with van der Waals surface area (Å²) >= 11 is 3.34. The first-order valence-corrected chi connectivity index (χ1v) is 7.08. The topological polar surface area (TPSA) is 38.3 Å². The maximum absolute atomic E-state index is 12.0. The second kappa shape index (κ2) is 6.09. The van der Waals surface area contributed by atoms with E-state index in [0.29, 0.717) is 11.4 Å². The van der Waals surface area contributed by atoms with E-state index in [-0.39, 0.29) is 5.91 Å². The van der Waals surface area contributed by atoms with Crippen molar-refractivity contribution < 1.29 is 9.53 Å². The number of ether oxygens (including phenoxy) is 1. The number of halogens is 1. The molecule has 0 atom stereocenters. The highest BCUT2D eigenvalue weighted by atomic mass is 79.9. The van der Waals surface area contributed by atoms with Gasteiger partial charge in [0.2, 0.25) is 5.91 Å². The minimum Gasteiger partial charge on any atom is -0.455 e. The summed E-state index contributed by atoms with van der Waals surface area (Å²) < 4.78 is 5.16.